The van der Waals surface area contributed by atoms with Crippen molar-refractivity contribution in [2.24, 2.45) is 0 Å². The highest BCUT2D eigenvalue weighted by Gasteiger charge is 2.16. The molecule has 6 nitrogen and oxygen atoms in total. The van der Waals surface area contributed by atoms with E-state index in [2.05, 4.69) is 20.4 Å². The summed E-state index contributed by atoms with van der Waals surface area (Å²) >= 11 is 5.55. The van der Waals surface area contributed by atoms with Crippen molar-refractivity contribution in [1.29, 1.82) is 0 Å². The Labute approximate surface area is 149 Å². The van der Waals surface area contributed by atoms with Crippen molar-refractivity contribution >= 4 is 34.5 Å². The number of carbonyl (C=O) groups is 1. The largest absolute Gasteiger partial charge is 0.373 e. The molecule has 2 heterocycles. The molecule has 0 aliphatic carbocycles. The number of hydrogen-bond acceptors (Lipinski definition) is 5. The van der Waals surface area contributed by atoms with E-state index in [1.54, 1.807) is 24.3 Å². The second-order valence-corrected chi connectivity index (χ2v) is 7.45. The number of hydrogen-bond donors (Lipinski definition) is 2. The normalized spacial score (nSPS) is 15.4. The second-order valence-electron chi connectivity index (χ2n) is 5.31. The standard InChI is InChI=1S/C9H16N4OS.C7H5ClO/c1-10-9-8(6-11-12-9)7-13-2-4-15(14)5-3-13;8-7-3-1-6(5-9)2-4-7/h6H,2-5,7H2,1H3,(H2,10,11,12);1-5H. The number of carbonyl (C=O) groups excluding carboxylic acids is 1. The molecule has 0 bridgehead atoms. The van der Waals surface area contributed by atoms with Crippen LogP contribution in [0.25, 0.3) is 0 Å². The Kier molecular flexibility index (Phi) is 7.42. The second kappa shape index (κ2) is 9.56. The highest BCUT2D eigenvalue weighted by molar-refractivity contribution is 7.85. The molecule has 1 aromatic carbocycles. The lowest BCUT2D eigenvalue weighted by atomic mass is 10.2. The van der Waals surface area contributed by atoms with Crippen LogP contribution in [0.5, 0.6) is 0 Å². The number of aldehydes is 1. The molecule has 2 aromatic rings. The number of aromatic nitrogens is 2. The van der Waals surface area contributed by atoms with E-state index in [0.717, 1.165) is 43.2 Å². The van der Waals surface area contributed by atoms with Crippen LogP contribution in [0.15, 0.2) is 30.5 Å². The lowest BCUT2D eigenvalue weighted by molar-refractivity contribution is 0.112. The van der Waals surface area contributed by atoms with Gasteiger partial charge in [-0.15, -0.1) is 0 Å². The first-order valence-corrected chi connectivity index (χ1v) is 9.47. The number of aromatic amines is 1. The van der Waals surface area contributed by atoms with Crippen LogP contribution in [-0.2, 0) is 17.3 Å². The summed E-state index contributed by atoms with van der Waals surface area (Å²) in [6.07, 6.45) is 2.63. The molecule has 0 amide bonds. The summed E-state index contributed by atoms with van der Waals surface area (Å²) in [5, 5.41) is 10.6. The lowest BCUT2D eigenvalue weighted by Crippen LogP contribution is -2.37. The van der Waals surface area contributed by atoms with E-state index < -0.39 is 10.8 Å². The molecule has 0 radical (unpaired) electrons. The molecule has 8 heteroatoms. The van der Waals surface area contributed by atoms with E-state index in [0.29, 0.717) is 10.6 Å². The average molecular weight is 369 g/mol. The van der Waals surface area contributed by atoms with E-state index in [4.69, 9.17) is 11.6 Å². The quantitative estimate of drug-likeness (QED) is 0.809. The topological polar surface area (TPSA) is 78.1 Å². The SMILES string of the molecule is CNc1[nH]ncc1CN1CCS(=O)CC1.O=Cc1ccc(Cl)cc1. The van der Waals surface area contributed by atoms with Crippen molar-refractivity contribution in [3.05, 3.63) is 46.6 Å². The van der Waals surface area contributed by atoms with Crippen LogP contribution in [-0.4, -0.2) is 57.2 Å². The Morgan fingerprint density at radius 3 is 2.58 bits per heavy atom. The fourth-order valence-corrected chi connectivity index (χ4v) is 3.52. The first-order valence-electron chi connectivity index (χ1n) is 7.60. The van der Waals surface area contributed by atoms with Gasteiger partial charge in [-0.1, -0.05) is 23.7 Å². The number of H-pyrrole nitrogens is 1. The zero-order valence-corrected chi connectivity index (χ0v) is 15.1. The smallest absolute Gasteiger partial charge is 0.150 e. The van der Waals surface area contributed by atoms with Gasteiger partial charge in [-0.3, -0.25) is 19.0 Å². The van der Waals surface area contributed by atoms with E-state index >= 15 is 0 Å². The van der Waals surface area contributed by atoms with Gasteiger partial charge in [0.25, 0.3) is 0 Å². The molecular weight excluding hydrogens is 348 g/mol. The predicted molar refractivity (Wildman–Crippen MR) is 98.1 cm³/mol. The van der Waals surface area contributed by atoms with Crippen LogP contribution < -0.4 is 5.32 Å². The first kappa shape index (κ1) is 18.6. The molecular formula is C16H21ClN4O2S. The van der Waals surface area contributed by atoms with E-state index in [1.807, 2.05) is 13.2 Å². The van der Waals surface area contributed by atoms with Gasteiger partial charge in [0.05, 0.1) is 6.20 Å². The monoisotopic (exact) mass is 368 g/mol. The Morgan fingerprint density at radius 2 is 2.00 bits per heavy atom. The molecule has 130 valence electrons. The summed E-state index contributed by atoms with van der Waals surface area (Å²) in [5.41, 5.74) is 1.82. The minimum absolute atomic E-state index is 0.597. The number of nitrogens with one attached hydrogen (secondary N) is 2. The minimum atomic E-state index is -0.597. The zero-order valence-electron chi connectivity index (χ0n) is 13.5. The third kappa shape index (κ3) is 5.74. The zero-order chi connectivity index (χ0) is 17.4. The molecule has 1 aliphatic rings. The van der Waals surface area contributed by atoms with Gasteiger partial charge in [0.1, 0.15) is 12.1 Å². The van der Waals surface area contributed by atoms with Gasteiger partial charge in [0, 0.05) is 65.1 Å². The van der Waals surface area contributed by atoms with Crippen molar-refractivity contribution < 1.29 is 9.00 Å². The van der Waals surface area contributed by atoms with Gasteiger partial charge in [0.15, 0.2) is 0 Å². The number of nitrogens with zero attached hydrogens (tertiary/aromatic N) is 2. The van der Waals surface area contributed by atoms with Gasteiger partial charge in [-0.05, 0) is 12.1 Å². The maximum atomic E-state index is 11.2. The Balaban J connectivity index is 0.000000198. The predicted octanol–water partition coefficient (Wildman–Crippen LogP) is 2.17. The summed E-state index contributed by atoms with van der Waals surface area (Å²) in [7, 11) is 1.28. The maximum absolute atomic E-state index is 11.2. The van der Waals surface area contributed by atoms with Gasteiger partial charge in [-0.25, -0.2) is 0 Å². The summed E-state index contributed by atoms with van der Waals surface area (Å²) < 4.78 is 11.2. The molecule has 0 atom stereocenters. The van der Waals surface area contributed by atoms with Crippen LogP contribution in [0.1, 0.15) is 15.9 Å². The van der Waals surface area contributed by atoms with Crippen molar-refractivity contribution in [3.8, 4) is 0 Å². The third-order valence-electron chi connectivity index (χ3n) is 3.64. The molecule has 1 fully saturated rings. The lowest BCUT2D eigenvalue weighted by Gasteiger charge is -2.25. The molecule has 1 aliphatic heterocycles. The van der Waals surface area contributed by atoms with Crippen molar-refractivity contribution in [1.82, 2.24) is 15.1 Å². The van der Waals surface area contributed by atoms with Gasteiger partial charge in [-0.2, -0.15) is 5.10 Å². The first-order chi connectivity index (χ1) is 11.6. The van der Waals surface area contributed by atoms with Crippen molar-refractivity contribution in [2.45, 2.75) is 6.54 Å². The van der Waals surface area contributed by atoms with Crippen LogP contribution in [0.2, 0.25) is 5.02 Å². The Morgan fingerprint density at radius 1 is 1.33 bits per heavy atom. The molecule has 0 spiro atoms. The van der Waals surface area contributed by atoms with E-state index in [9.17, 15) is 9.00 Å². The summed E-state index contributed by atoms with van der Waals surface area (Å²) in [5.74, 6) is 2.57. The van der Waals surface area contributed by atoms with Crippen LogP contribution in [0.3, 0.4) is 0 Å². The number of rotatable bonds is 4. The summed E-state index contributed by atoms with van der Waals surface area (Å²) in [6, 6.07) is 6.72. The fourth-order valence-electron chi connectivity index (χ4n) is 2.26. The molecule has 0 unspecified atom stereocenters. The van der Waals surface area contributed by atoms with Crippen molar-refractivity contribution in [3.63, 3.8) is 0 Å². The summed E-state index contributed by atoms with van der Waals surface area (Å²) in [4.78, 5) is 12.4. The molecule has 24 heavy (non-hydrogen) atoms. The van der Waals surface area contributed by atoms with Gasteiger partial charge < -0.3 is 5.32 Å². The average Bonchev–Trinajstić information content (AvgIpc) is 3.05. The fraction of sp³-hybridized carbons (Fsp3) is 0.375. The highest BCUT2D eigenvalue weighted by atomic mass is 35.5. The molecule has 0 saturated carbocycles. The van der Waals surface area contributed by atoms with Crippen molar-refractivity contribution in [2.75, 3.05) is 37.0 Å². The van der Waals surface area contributed by atoms with Crippen LogP contribution >= 0.6 is 11.6 Å². The van der Waals surface area contributed by atoms with E-state index in [1.165, 1.54) is 5.56 Å². The number of halogens is 1. The van der Waals surface area contributed by atoms with Crippen LogP contribution in [0, 0.1) is 0 Å². The minimum Gasteiger partial charge on any atom is -0.373 e. The molecule has 1 aromatic heterocycles. The Hall–Kier alpha value is -1.70. The molecule has 3 rings (SSSR count). The molecule has 1 saturated heterocycles. The van der Waals surface area contributed by atoms with Gasteiger partial charge in [0.2, 0.25) is 0 Å². The molecule has 2 N–H and O–H groups in total. The summed E-state index contributed by atoms with van der Waals surface area (Å²) in [6.45, 7) is 2.71. The highest BCUT2D eigenvalue weighted by Crippen LogP contribution is 2.14. The van der Waals surface area contributed by atoms with Crippen LogP contribution in [0.4, 0.5) is 5.82 Å². The van der Waals surface area contributed by atoms with Gasteiger partial charge >= 0.3 is 0 Å². The maximum Gasteiger partial charge on any atom is 0.150 e. The number of anilines is 1. The number of benzene rings is 1. The third-order valence-corrected chi connectivity index (χ3v) is 5.17. The Bertz CT molecular complexity index is 665. The van der Waals surface area contributed by atoms with E-state index in [-0.39, 0.29) is 0 Å².